The van der Waals surface area contributed by atoms with Gasteiger partial charge in [-0.2, -0.15) is 0 Å². The summed E-state index contributed by atoms with van der Waals surface area (Å²) in [5.74, 6) is 1.60. The number of hydrogen-bond acceptors (Lipinski definition) is 7. The number of amides is 1. The highest BCUT2D eigenvalue weighted by Crippen LogP contribution is 2.40. The lowest BCUT2D eigenvalue weighted by Crippen LogP contribution is -2.49. The van der Waals surface area contributed by atoms with Crippen LogP contribution in [0.1, 0.15) is 16.9 Å². The Bertz CT molecular complexity index is 999. The lowest BCUT2D eigenvalue weighted by molar-refractivity contribution is -0.128. The van der Waals surface area contributed by atoms with Gasteiger partial charge in [-0.05, 0) is 37.0 Å². The smallest absolute Gasteiger partial charge is 0.233 e. The number of thiophene rings is 1. The number of thioether (sulfide) groups is 1. The van der Waals surface area contributed by atoms with Gasteiger partial charge in [0.25, 0.3) is 0 Å². The molecule has 0 spiro atoms. The summed E-state index contributed by atoms with van der Waals surface area (Å²) >= 11 is 3.35. The molecule has 8 heteroatoms. The number of hydrogen-bond donors (Lipinski definition) is 0. The van der Waals surface area contributed by atoms with E-state index in [2.05, 4.69) is 19.9 Å². The maximum absolute atomic E-state index is 12.8. The summed E-state index contributed by atoms with van der Waals surface area (Å²) in [7, 11) is 0. The average molecular weight is 412 g/mol. The topological polar surface area (TPSA) is 62.2 Å². The molecular weight excluding hydrogens is 390 g/mol. The minimum atomic E-state index is 0.185. The van der Waals surface area contributed by atoms with Crippen molar-refractivity contribution >= 4 is 45.0 Å². The van der Waals surface area contributed by atoms with Gasteiger partial charge in [0.05, 0.1) is 5.75 Å². The van der Waals surface area contributed by atoms with Gasteiger partial charge in [-0.25, -0.2) is 15.0 Å². The van der Waals surface area contributed by atoms with Gasteiger partial charge in [-0.15, -0.1) is 11.3 Å². The number of carbonyl (C=O) groups is 1. The van der Waals surface area contributed by atoms with Gasteiger partial charge >= 0.3 is 0 Å². The molecule has 28 heavy (non-hydrogen) atoms. The molecule has 5 rings (SSSR count). The zero-order valence-corrected chi connectivity index (χ0v) is 17.1. The highest BCUT2D eigenvalue weighted by Gasteiger charge is 2.24. The van der Waals surface area contributed by atoms with Gasteiger partial charge in [0.1, 0.15) is 22.0 Å². The Morgan fingerprint density at radius 3 is 2.82 bits per heavy atom. The number of aromatic nitrogens is 3. The standard InChI is InChI=1S/C20H21N5OS2/c26-17(25-10-8-24(9-11-25)16-6-1-2-7-21-16)12-27-19-18-14-4-3-5-15(14)28-20(18)23-13-22-19/h1-2,6-7,13H,3-5,8-12H2. The van der Waals surface area contributed by atoms with Crippen molar-refractivity contribution in [3.05, 3.63) is 41.2 Å². The van der Waals surface area contributed by atoms with Crippen molar-refractivity contribution in [1.82, 2.24) is 19.9 Å². The lowest BCUT2D eigenvalue weighted by atomic mass is 10.2. The molecule has 0 unspecified atom stereocenters. The summed E-state index contributed by atoms with van der Waals surface area (Å²) in [6.07, 6.45) is 6.93. The maximum Gasteiger partial charge on any atom is 0.233 e. The number of aryl methyl sites for hydroxylation is 2. The van der Waals surface area contributed by atoms with Gasteiger partial charge in [0.15, 0.2) is 0 Å². The normalized spacial score (nSPS) is 16.6. The number of piperazine rings is 1. The Balaban J connectivity index is 1.22. The van der Waals surface area contributed by atoms with Crippen molar-refractivity contribution in [2.75, 3.05) is 36.8 Å². The molecule has 2 aliphatic rings. The molecule has 0 aromatic carbocycles. The summed E-state index contributed by atoms with van der Waals surface area (Å²) in [5, 5.41) is 2.16. The second kappa shape index (κ2) is 7.67. The van der Waals surface area contributed by atoms with Crippen molar-refractivity contribution < 1.29 is 4.79 Å². The zero-order chi connectivity index (χ0) is 18.9. The molecule has 0 N–H and O–H groups in total. The molecule has 144 valence electrons. The van der Waals surface area contributed by atoms with E-state index in [1.807, 2.05) is 29.3 Å². The Labute approximate surface area is 172 Å². The van der Waals surface area contributed by atoms with E-state index in [0.717, 1.165) is 54.7 Å². The molecule has 0 saturated carbocycles. The fraction of sp³-hybridized carbons (Fsp3) is 0.400. The molecule has 1 fully saturated rings. The second-order valence-corrected chi connectivity index (χ2v) is 9.11. The predicted octanol–water partition coefficient (Wildman–Crippen LogP) is 3.02. The van der Waals surface area contributed by atoms with E-state index < -0.39 is 0 Å². The fourth-order valence-electron chi connectivity index (χ4n) is 3.96. The third kappa shape index (κ3) is 3.35. The molecule has 0 bridgehead atoms. The molecule has 1 aliphatic heterocycles. The molecule has 1 amide bonds. The van der Waals surface area contributed by atoms with E-state index >= 15 is 0 Å². The number of carbonyl (C=O) groups excluding carboxylic acids is 1. The van der Waals surface area contributed by atoms with Crippen LogP contribution >= 0.6 is 23.1 Å². The van der Waals surface area contributed by atoms with Gasteiger partial charge in [-0.1, -0.05) is 17.8 Å². The first-order chi connectivity index (χ1) is 13.8. The van der Waals surface area contributed by atoms with E-state index in [1.165, 1.54) is 22.2 Å². The van der Waals surface area contributed by atoms with Crippen molar-refractivity contribution in [2.24, 2.45) is 0 Å². The number of nitrogens with zero attached hydrogens (tertiary/aromatic N) is 5. The van der Waals surface area contributed by atoms with Crippen LogP contribution in [0.5, 0.6) is 0 Å². The van der Waals surface area contributed by atoms with Gasteiger partial charge in [0, 0.05) is 42.6 Å². The van der Waals surface area contributed by atoms with Crippen LogP contribution in [-0.2, 0) is 17.6 Å². The largest absolute Gasteiger partial charge is 0.353 e. The Morgan fingerprint density at radius 1 is 1.11 bits per heavy atom. The molecule has 3 aromatic heterocycles. The number of fused-ring (bicyclic) bond motifs is 3. The van der Waals surface area contributed by atoms with Gasteiger partial charge in [0.2, 0.25) is 5.91 Å². The van der Waals surface area contributed by atoms with Crippen LogP contribution in [0.25, 0.3) is 10.2 Å². The first-order valence-electron chi connectivity index (χ1n) is 9.61. The van der Waals surface area contributed by atoms with E-state index in [4.69, 9.17) is 0 Å². The third-order valence-electron chi connectivity index (χ3n) is 5.40. The molecule has 1 aliphatic carbocycles. The monoisotopic (exact) mass is 411 g/mol. The minimum absolute atomic E-state index is 0.185. The van der Waals surface area contributed by atoms with E-state index in [1.54, 1.807) is 29.4 Å². The van der Waals surface area contributed by atoms with Crippen LogP contribution in [0, 0.1) is 0 Å². The van der Waals surface area contributed by atoms with Crippen LogP contribution in [0.15, 0.2) is 35.7 Å². The van der Waals surface area contributed by atoms with E-state index in [9.17, 15) is 4.79 Å². The Hall–Kier alpha value is -2.19. The van der Waals surface area contributed by atoms with Crippen LogP contribution in [0.3, 0.4) is 0 Å². The van der Waals surface area contributed by atoms with Crippen molar-refractivity contribution in [3.8, 4) is 0 Å². The summed E-state index contributed by atoms with van der Waals surface area (Å²) in [6.45, 7) is 3.12. The number of anilines is 1. The van der Waals surface area contributed by atoms with Crippen molar-refractivity contribution in [1.29, 1.82) is 0 Å². The first kappa shape index (κ1) is 17.9. The van der Waals surface area contributed by atoms with E-state index in [-0.39, 0.29) is 5.91 Å². The lowest BCUT2D eigenvalue weighted by Gasteiger charge is -2.35. The first-order valence-corrected chi connectivity index (χ1v) is 11.4. The van der Waals surface area contributed by atoms with Crippen LogP contribution in [-0.4, -0.2) is 57.7 Å². The van der Waals surface area contributed by atoms with E-state index in [0.29, 0.717) is 5.75 Å². The molecule has 4 heterocycles. The molecular formula is C20H21N5OS2. The predicted molar refractivity (Wildman–Crippen MR) is 113 cm³/mol. The van der Waals surface area contributed by atoms with Crippen LogP contribution in [0.2, 0.25) is 0 Å². The molecule has 6 nitrogen and oxygen atoms in total. The fourth-order valence-corrected chi connectivity index (χ4v) is 6.18. The quantitative estimate of drug-likeness (QED) is 0.486. The molecule has 0 radical (unpaired) electrons. The second-order valence-electron chi connectivity index (χ2n) is 7.06. The minimum Gasteiger partial charge on any atom is -0.353 e. The molecule has 0 atom stereocenters. The average Bonchev–Trinajstić information content (AvgIpc) is 3.34. The summed E-state index contributed by atoms with van der Waals surface area (Å²) in [4.78, 5) is 32.8. The van der Waals surface area contributed by atoms with Crippen LogP contribution < -0.4 is 4.90 Å². The number of pyridine rings is 1. The van der Waals surface area contributed by atoms with Gasteiger partial charge < -0.3 is 9.80 Å². The maximum atomic E-state index is 12.8. The SMILES string of the molecule is O=C(CSc1ncnc2sc3c(c12)CCC3)N1CCN(c2ccccn2)CC1. The highest BCUT2D eigenvalue weighted by molar-refractivity contribution is 8.00. The third-order valence-corrected chi connectivity index (χ3v) is 7.58. The zero-order valence-electron chi connectivity index (χ0n) is 15.5. The Morgan fingerprint density at radius 2 is 2.00 bits per heavy atom. The van der Waals surface area contributed by atoms with Gasteiger partial charge in [-0.3, -0.25) is 4.79 Å². The molecule has 3 aromatic rings. The van der Waals surface area contributed by atoms with Crippen LogP contribution in [0.4, 0.5) is 5.82 Å². The van der Waals surface area contributed by atoms with Crippen molar-refractivity contribution in [3.63, 3.8) is 0 Å². The highest BCUT2D eigenvalue weighted by atomic mass is 32.2. The summed E-state index contributed by atoms with van der Waals surface area (Å²) in [5.41, 5.74) is 1.42. The number of rotatable bonds is 4. The van der Waals surface area contributed by atoms with Crippen molar-refractivity contribution in [2.45, 2.75) is 24.3 Å². The summed E-state index contributed by atoms with van der Waals surface area (Å²) < 4.78 is 0. The Kier molecular flexibility index (Phi) is 4.90. The molecule has 1 saturated heterocycles. The summed E-state index contributed by atoms with van der Waals surface area (Å²) in [6, 6.07) is 5.95.